The molecule has 1 saturated carbocycles. The van der Waals surface area contributed by atoms with E-state index in [-0.39, 0.29) is 23.4 Å². The average Bonchev–Trinajstić information content (AvgIpc) is 3.55. The molecule has 3 aromatic carbocycles. The lowest BCUT2D eigenvalue weighted by molar-refractivity contribution is -0.117. The van der Waals surface area contributed by atoms with Gasteiger partial charge in [-0.2, -0.15) is 5.10 Å². The second-order valence-electron chi connectivity index (χ2n) is 7.41. The Morgan fingerprint density at radius 2 is 1.60 bits per heavy atom. The Hall–Kier alpha value is -3.93. The van der Waals surface area contributed by atoms with Crippen molar-refractivity contribution in [2.24, 2.45) is 5.92 Å². The van der Waals surface area contributed by atoms with Gasteiger partial charge in [-0.05, 0) is 36.4 Å². The Morgan fingerprint density at radius 1 is 0.867 bits per heavy atom. The molecule has 0 unspecified atom stereocenters. The Balaban J connectivity index is 1.48. The molecule has 1 fully saturated rings. The van der Waals surface area contributed by atoms with Gasteiger partial charge in [0.1, 0.15) is 5.82 Å². The molecule has 0 atom stereocenters. The van der Waals surface area contributed by atoms with Crippen molar-refractivity contribution in [1.29, 1.82) is 0 Å². The quantitative estimate of drug-likeness (QED) is 0.517. The molecule has 0 radical (unpaired) electrons. The molecule has 0 aliphatic heterocycles. The fourth-order valence-corrected chi connectivity index (χ4v) is 3.44. The highest BCUT2D eigenvalue weighted by Crippen LogP contribution is 2.31. The van der Waals surface area contributed by atoms with Crippen molar-refractivity contribution in [2.75, 3.05) is 10.6 Å². The van der Waals surface area contributed by atoms with E-state index in [0.29, 0.717) is 5.82 Å². The predicted molar refractivity (Wildman–Crippen MR) is 117 cm³/mol. The van der Waals surface area contributed by atoms with Crippen LogP contribution in [0.2, 0.25) is 0 Å². The first kappa shape index (κ1) is 18.1. The van der Waals surface area contributed by atoms with Gasteiger partial charge in [-0.25, -0.2) is 4.68 Å². The summed E-state index contributed by atoms with van der Waals surface area (Å²) in [6.07, 6.45) is 1.81. The maximum absolute atomic E-state index is 13.0. The topological polar surface area (TPSA) is 76.0 Å². The van der Waals surface area contributed by atoms with Gasteiger partial charge in [-0.15, -0.1) is 0 Å². The molecule has 30 heavy (non-hydrogen) atoms. The zero-order valence-corrected chi connectivity index (χ0v) is 16.2. The fraction of sp³-hybridized carbons (Fsp3) is 0.125. The number of nitrogens with one attached hydrogen (secondary N) is 2. The number of anilines is 2. The van der Waals surface area contributed by atoms with Crippen molar-refractivity contribution in [1.82, 2.24) is 9.78 Å². The summed E-state index contributed by atoms with van der Waals surface area (Å²) >= 11 is 0. The van der Waals surface area contributed by atoms with Crippen LogP contribution in [0.4, 0.5) is 11.5 Å². The number of hydrogen-bond acceptors (Lipinski definition) is 3. The number of rotatable bonds is 5. The Morgan fingerprint density at radius 3 is 2.40 bits per heavy atom. The summed E-state index contributed by atoms with van der Waals surface area (Å²) in [6, 6.07) is 24.7. The molecule has 0 bridgehead atoms. The summed E-state index contributed by atoms with van der Waals surface area (Å²) in [5, 5.41) is 12.4. The lowest BCUT2D eigenvalue weighted by Gasteiger charge is -2.08. The minimum atomic E-state index is -0.331. The summed E-state index contributed by atoms with van der Waals surface area (Å²) < 4.78 is 1.60. The zero-order valence-electron chi connectivity index (χ0n) is 16.2. The number of hydrogen-bond donors (Lipinski definition) is 2. The summed E-state index contributed by atoms with van der Waals surface area (Å²) in [5.74, 6) is 0.175. The first-order valence-electron chi connectivity index (χ1n) is 9.94. The van der Waals surface area contributed by atoms with Crippen LogP contribution in [0, 0.1) is 5.92 Å². The highest BCUT2D eigenvalue weighted by Gasteiger charge is 2.30. The summed E-state index contributed by atoms with van der Waals surface area (Å²) in [4.78, 5) is 25.3. The molecule has 0 spiro atoms. The van der Waals surface area contributed by atoms with Crippen LogP contribution >= 0.6 is 0 Å². The standard InChI is InChI=1S/C24H20N4O2/c29-23(17-13-14-17)26-22-15-21(27-28(22)18-9-2-1-3-10-18)24(30)25-20-12-6-8-16-7-4-5-11-19(16)20/h1-12,15,17H,13-14H2,(H,25,30)(H,26,29). The first-order valence-corrected chi connectivity index (χ1v) is 9.94. The van der Waals surface area contributed by atoms with Crippen molar-refractivity contribution in [3.8, 4) is 5.69 Å². The van der Waals surface area contributed by atoms with E-state index in [4.69, 9.17) is 0 Å². The molecule has 1 heterocycles. The highest BCUT2D eigenvalue weighted by atomic mass is 16.2. The van der Waals surface area contributed by atoms with Gasteiger partial charge in [0.2, 0.25) is 5.91 Å². The number of fused-ring (bicyclic) bond motifs is 1. The van der Waals surface area contributed by atoms with Crippen molar-refractivity contribution in [3.63, 3.8) is 0 Å². The normalized spacial score (nSPS) is 13.2. The lowest BCUT2D eigenvalue weighted by Crippen LogP contribution is -2.16. The van der Waals surface area contributed by atoms with Gasteiger partial charge >= 0.3 is 0 Å². The monoisotopic (exact) mass is 396 g/mol. The summed E-state index contributed by atoms with van der Waals surface area (Å²) in [5.41, 5.74) is 1.72. The third-order valence-corrected chi connectivity index (χ3v) is 5.18. The van der Waals surface area contributed by atoms with E-state index in [2.05, 4.69) is 15.7 Å². The minimum absolute atomic E-state index is 0.0342. The third kappa shape index (κ3) is 3.55. The molecule has 6 heteroatoms. The Kier molecular flexibility index (Phi) is 4.52. The van der Waals surface area contributed by atoms with E-state index in [1.165, 1.54) is 0 Å². The number of nitrogens with zero attached hydrogens (tertiary/aromatic N) is 2. The molecule has 2 amide bonds. The smallest absolute Gasteiger partial charge is 0.276 e. The highest BCUT2D eigenvalue weighted by molar-refractivity contribution is 6.09. The van der Waals surface area contributed by atoms with E-state index in [9.17, 15) is 9.59 Å². The molecule has 1 aliphatic carbocycles. The molecule has 1 aromatic heterocycles. The molecule has 2 N–H and O–H groups in total. The number of para-hydroxylation sites is 1. The first-order chi connectivity index (χ1) is 14.7. The largest absolute Gasteiger partial charge is 0.320 e. The van der Waals surface area contributed by atoms with Gasteiger partial charge in [0.15, 0.2) is 5.69 Å². The van der Waals surface area contributed by atoms with Crippen LogP contribution in [0.25, 0.3) is 16.5 Å². The molecule has 1 aliphatic rings. The van der Waals surface area contributed by atoms with Crippen LogP contribution in [0.15, 0.2) is 78.9 Å². The average molecular weight is 396 g/mol. The molecule has 5 rings (SSSR count). The fourth-order valence-electron chi connectivity index (χ4n) is 3.44. The number of aromatic nitrogens is 2. The second-order valence-corrected chi connectivity index (χ2v) is 7.41. The van der Waals surface area contributed by atoms with E-state index in [0.717, 1.165) is 35.0 Å². The zero-order chi connectivity index (χ0) is 20.5. The molecular weight excluding hydrogens is 376 g/mol. The van der Waals surface area contributed by atoms with Crippen molar-refractivity contribution in [2.45, 2.75) is 12.8 Å². The molecule has 4 aromatic rings. The number of benzene rings is 3. The van der Waals surface area contributed by atoms with Gasteiger partial charge in [-0.3, -0.25) is 9.59 Å². The van der Waals surface area contributed by atoms with Crippen LogP contribution in [0.3, 0.4) is 0 Å². The molecule has 148 valence electrons. The summed E-state index contributed by atoms with van der Waals surface area (Å²) in [6.45, 7) is 0. The van der Waals surface area contributed by atoms with E-state index in [1.54, 1.807) is 10.7 Å². The van der Waals surface area contributed by atoms with Crippen molar-refractivity contribution >= 4 is 34.1 Å². The van der Waals surface area contributed by atoms with Crippen LogP contribution in [0.5, 0.6) is 0 Å². The lowest BCUT2D eigenvalue weighted by atomic mass is 10.1. The van der Waals surface area contributed by atoms with Gasteiger partial charge in [0.25, 0.3) is 5.91 Å². The third-order valence-electron chi connectivity index (χ3n) is 5.18. The number of amides is 2. The maximum Gasteiger partial charge on any atom is 0.276 e. The van der Waals surface area contributed by atoms with Gasteiger partial charge in [0.05, 0.1) is 5.69 Å². The minimum Gasteiger partial charge on any atom is -0.320 e. The van der Waals surface area contributed by atoms with Crippen LogP contribution < -0.4 is 10.6 Å². The second kappa shape index (κ2) is 7.48. The van der Waals surface area contributed by atoms with Gasteiger partial charge in [-0.1, -0.05) is 54.6 Å². The van der Waals surface area contributed by atoms with E-state index >= 15 is 0 Å². The van der Waals surface area contributed by atoms with Gasteiger partial charge < -0.3 is 10.6 Å². The van der Waals surface area contributed by atoms with E-state index in [1.807, 2.05) is 72.8 Å². The van der Waals surface area contributed by atoms with E-state index < -0.39 is 0 Å². The molecule has 6 nitrogen and oxygen atoms in total. The molecule has 0 saturated heterocycles. The summed E-state index contributed by atoms with van der Waals surface area (Å²) in [7, 11) is 0. The van der Waals surface area contributed by atoms with Crippen molar-refractivity contribution in [3.05, 3.63) is 84.6 Å². The maximum atomic E-state index is 13.0. The number of carbonyl (C=O) groups excluding carboxylic acids is 2. The Labute approximate surface area is 173 Å². The predicted octanol–water partition coefficient (Wildman–Crippen LogP) is 4.63. The number of carbonyl (C=O) groups is 2. The van der Waals surface area contributed by atoms with Crippen LogP contribution in [-0.2, 0) is 4.79 Å². The van der Waals surface area contributed by atoms with Crippen LogP contribution in [0.1, 0.15) is 23.3 Å². The molecular formula is C24H20N4O2. The van der Waals surface area contributed by atoms with Crippen molar-refractivity contribution < 1.29 is 9.59 Å². The van der Waals surface area contributed by atoms with Gasteiger partial charge in [0, 0.05) is 23.1 Å². The van der Waals surface area contributed by atoms with Crippen LogP contribution in [-0.4, -0.2) is 21.6 Å². The Bertz CT molecular complexity index is 1240. The SMILES string of the molecule is O=C(Nc1cccc2ccccc12)c1cc(NC(=O)C2CC2)n(-c2ccccc2)n1.